The Hall–Kier alpha value is -1.10. The molecule has 1 saturated heterocycles. The molecule has 0 amide bonds. The number of thiazole rings is 1. The Bertz CT molecular complexity index is 466. The molecule has 20 heavy (non-hydrogen) atoms. The van der Waals surface area contributed by atoms with Gasteiger partial charge in [-0.05, 0) is 24.0 Å². The number of fused-ring (bicyclic) bond motifs is 1. The summed E-state index contributed by atoms with van der Waals surface area (Å²) in [4.78, 5) is 3.74. The molecular weight excluding hydrogens is 284 g/mol. The molecule has 0 atom stereocenters. The quantitative estimate of drug-likeness (QED) is 0.794. The van der Waals surface area contributed by atoms with Gasteiger partial charge in [-0.25, -0.2) is 0 Å². The van der Waals surface area contributed by atoms with Gasteiger partial charge in [-0.3, -0.25) is 4.98 Å². The van der Waals surface area contributed by atoms with Gasteiger partial charge >= 0.3 is 0 Å². The summed E-state index contributed by atoms with van der Waals surface area (Å²) in [5, 5.41) is 5.12. The summed E-state index contributed by atoms with van der Waals surface area (Å²) in [6.07, 6.45) is 8.63. The highest BCUT2D eigenvalue weighted by Gasteiger charge is 2.00. The van der Waals surface area contributed by atoms with Gasteiger partial charge in [0.05, 0.1) is 5.51 Å². The Morgan fingerprint density at radius 2 is 2.15 bits per heavy atom. The van der Waals surface area contributed by atoms with Gasteiger partial charge < -0.3 is 5.32 Å². The monoisotopic (exact) mass is 304 g/mol. The van der Waals surface area contributed by atoms with Crippen LogP contribution >= 0.6 is 23.1 Å². The van der Waals surface area contributed by atoms with Gasteiger partial charge in [-0.1, -0.05) is 36.4 Å². The van der Waals surface area contributed by atoms with Crippen molar-refractivity contribution in [3.8, 4) is 0 Å². The molecule has 0 bridgehead atoms. The molecule has 1 aliphatic heterocycles. The Morgan fingerprint density at radius 1 is 1.20 bits per heavy atom. The predicted molar refractivity (Wildman–Crippen MR) is 91.2 cm³/mol. The van der Waals surface area contributed by atoms with Crippen LogP contribution in [-0.4, -0.2) is 23.2 Å². The number of aromatic nitrogens is 1. The van der Waals surface area contributed by atoms with Gasteiger partial charge in [0.2, 0.25) is 0 Å². The van der Waals surface area contributed by atoms with Crippen LogP contribution < -0.4 is 5.32 Å². The third kappa shape index (κ3) is 5.90. The maximum absolute atomic E-state index is 3.74. The first-order valence-electron chi connectivity index (χ1n) is 6.82. The Labute approximate surface area is 129 Å². The minimum atomic E-state index is 1.17. The zero-order valence-corrected chi connectivity index (χ0v) is 13.1. The molecule has 4 rings (SSSR count). The molecule has 4 heteroatoms. The van der Waals surface area contributed by atoms with E-state index in [4.69, 9.17) is 0 Å². The number of allylic oxidation sites excluding steroid dienone is 1. The fraction of sp³-hybridized carbons (Fsp3) is 0.312. The Balaban J connectivity index is 0.000000124. The number of nitrogens with one attached hydrogen (secondary N) is 1. The number of rotatable bonds is 0. The van der Waals surface area contributed by atoms with Crippen molar-refractivity contribution >= 4 is 29.2 Å². The summed E-state index contributed by atoms with van der Waals surface area (Å²) in [7, 11) is 0. The average Bonchev–Trinajstić information content (AvgIpc) is 3.25. The van der Waals surface area contributed by atoms with E-state index in [0.717, 1.165) is 0 Å². The number of hydrogen-bond acceptors (Lipinski definition) is 4. The number of nitrogens with zero attached hydrogens (tertiary/aromatic N) is 1. The molecule has 0 saturated carbocycles. The van der Waals surface area contributed by atoms with E-state index in [0.29, 0.717) is 0 Å². The summed E-state index contributed by atoms with van der Waals surface area (Å²) in [6, 6.07) is 8.58. The van der Waals surface area contributed by atoms with Crippen molar-refractivity contribution in [3.63, 3.8) is 0 Å². The molecule has 1 aromatic carbocycles. The summed E-state index contributed by atoms with van der Waals surface area (Å²) >= 11 is 3.56. The van der Waals surface area contributed by atoms with Crippen molar-refractivity contribution < 1.29 is 0 Å². The lowest BCUT2D eigenvalue weighted by Gasteiger charge is -2.07. The SMILES string of the molecule is C1=Cc2ccccc2CC1.C1CSCN1.c1cscn1. The molecule has 0 unspecified atom stereocenters. The molecule has 2 aromatic rings. The van der Waals surface area contributed by atoms with E-state index in [-0.39, 0.29) is 0 Å². The lowest BCUT2D eigenvalue weighted by Crippen LogP contribution is -2.04. The van der Waals surface area contributed by atoms with E-state index < -0.39 is 0 Å². The van der Waals surface area contributed by atoms with Crippen molar-refractivity contribution in [2.45, 2.75) is 12.8 Å². The predicted octanol–water partition coefficient (Wildman–Crippen LogP) is 4.07. The highest BCUT2D eigenvalue weighted by Crippen LogP contribution is 2.17. The highest BCUT2D eigenvalue weighted by molar-refractivity contribution is 7.99. The smallest absolute Gasteiger partial charge is 0.0791 e. The largest absolute Gasteiger partial charge is 0.307 e. The van der Waals surface area contributed by atoms with Crippen molar-refractivity contribution in [2.75, 3.05) is 18.2 Å². The number of thioether (sulfide) groups is 1. The zero-order valence-electron chi connectivity index (χ0n) is 11.5. The first kappa shape index (κ1) is 15.3. The van der Waals surface area contributed by atoms with E-state index in [2.05, 4.69) is 46.7 Å². The molecule has 1 N–H and O–H groups in total. The van der Waals surface area contributed by atoms with Gasteiger partial charge in [0.15, 0.2) is 0 Å². The molecule has 1 aliphatic carbocycles. The molecule has 1 fully saturated rings. The maximum atomic E-state index is 3.74. The van der Waals surface area contributed by atoms with Gasteiger partial charge in [0.25, 0.3) is 0 Å². The van der Waals surface area contributed by atoms with Crippen LogP contribution in [0.2, 0.25) is 0 Å². The van der Waals surface area contributed by atoms with Crippen molar-refractivity contribution in [2.24, 2.45) is 0 Å². The van der Waals surface area contributed by atoms with Gasteiger partial charge in [0.1, 0.15) is 0 Å². The van der Waals surface area contributed by atoms with Crippen LogP contribution in [0.3, 0.4) is 0 Å². The van der Waals surface area contributed by atoms with Gasteiger partial charge in [-0.15, -0.1) is 23.1 Å². The summed E-state index contributed by atoms with van der Waals surface area (Å²) < 4.78 is 0. The summed E-state index contributed by atoms with van der Waals surface area (Å²) in [6.45, 7) is 1.21. The second-order valence-electron chi connectivity index (χ2n) is 4.37. The van der Waals surface area contributed by atoms with Crippen molar-refractivity contribution in [1.82, 2.24) is 10.3 Å². The number of benzene rings is 1. The fourth-order valence-electron chi connectivity index (χ4n) is 1.91. The van der Waals surface area contributed by atoms with Crippen LogP contribution in [0.5, 0.6) is 0 Å². The van der Waals surface area contributed by atoms with Crippen LogP contribution in [0, 0.1) is 0 Å². The molecule has 2 heterocycles. The number of hydrogen-bond donors (Lipinski definition) is 1. The van der Waals surface area contributed by atoms with Crippen LogP contribution in [0.25, 0.3) is 6.08 Å². The standard InChI is InChI=1S/C10H10.C3H7NS.C3H3NS/c1-2-6-10-8-4-3-7-9(10)5-1;2*1-2-5-3-4-1/h1-3,5-7H,4,8H2;4H,1-3H2;1-3H. The Kier molecular flexibility index (Phi) is 7.45. The molecule has 0 spiro atoms. The van der Waals surface area contributed by atoms with E-state index in [9.17, 15) is 0 Å². The molecule has 106 valence electrons. The second-order valence-corrected chi connectivity index (χ2v) is 6.23. The summed E-state index contributed by atoms with van der Waals surface area (Å²) in [5.74, 6) is 2.47. The van der Waals surface area contributed by atoms with Crippen molar-refractivity contribution in [3.05, 3.63) is 58.6 Å². The zero-order chi connectivity index (χ0) is 13.9. The number of aryl methyl sites for hydroxylation is 1. The molecule has 1 aromatic heterocycles. The van der Waals surface area contributed by atoms with Crippen LogP contribution in [0.15, 0.2) is 47.4 Å². The first-order valence-corrected chi connectivity index (χ1v) is 8.91. The second kappa shape index (κ2) is 9.75. The maximum Gasteiger partial charge on any atom is 0.0791 e. The van der Waals surface area contributed by atoms with Crippen LogP contribution in [0.4, 0.5) is 0 Å². The van der Waals surface area contributed by atoms with Gasteiger partial charge in [-0.2, -0.15) is 0 Å². The average molecular weight is 304 g/mol. The Morgan fingerprint density at radius 3 is 2.70 bits per heavy atom. The molecular formula is C16H20N2S2. The fourth-order valence-corrected chi connectivity index (χ4v) is 2.98. The van der Waals surface area contributed by atoms with E-state index in [1.54, 1.807) is 23.0 Å². The molecule has 2 aliphatic rings. The third-order valence-electron chi connectivity index (χ3n) is 2.91. The van der Waals surface area contributed by atoms with E-state index >= 15 is 0 Å². The van der Waals surface area contributed by atoms with Crippen LogP contribution in [-0.2, 0) is 6.42 Å². The highest BCUT2D eigenvalue weighted by atomic mass is 32.2. The van der Waals surface area contributed by atoms with Gasteiger partial charge in [0, 0.05) is 29.8 Å². The summed E-state index contributed by atoms with van der Waals surface area (Å²) in [5.41, 5.74) is 4.68. The minimum Gasteiger partial charge on any atom is -0.307 e. The van der Waals surface area contributed by atoms with E-state index in [1.807, 2.05) is 17.1 Å². The molecule has 2 nitrogen and oxygen atoms in total. The third-order valence-corrected chi connectivity index (χ3v) is 4.33. The van der Waals surface area contributed by atoms with Crippen molar-refractivity contribution in [1.29, 1.82) is 0 Å². The molecule has 0 radical (unpaired) electrons. The lowest BCUT2D eigenvalue weighted by molar-refractivity contribution is 0.885. The first-order chi connectivity index (χ1) is 9.97. The minimum absolute atomic E-state index is 1.17. The lowest BCUT2D eigenvalue weighted by atomic mass is 9.98. The van der Waals surface area contributed by atoms with Crippen LogP contribution in [0.1, 0.15) is 17.5 Å². The normalized spacial score (nSPS) is 15.4. The topological polar surface area (TPSA) is 24.9 Å². The van der Waals surface area contributed by atoms with E-state index in [1.165, 1.54) is 42.1 Å².